The van der Waals surface area contributed by atoms with Gasteiger partial charge in [0.2, 0.25) is 5.91 Å². The number of aryl methyl sites for hydroxylation is 2. The monoisotopic (exact) mass is 314 g/mol. The predicted octanol–water partition coefficient (Wildman–Crippen LogP) is -0.0298. The predicted molar refractivity (Wildman–Crippen MR) is 72.7 cm³/mol. The maximum absolute atomic E-state index is 12.1. The molecule has 21 heavy (non-hydrogen) atoms. The molecule has 1 aromatic rings. The lowest BCUT2D eigenvalue weighted by atomic mass is 10.1. The number of urea groups is 1. The zero-order valence-electron chi connectivity index (χ0n) is 11.3. The molecular weight excluding hydrogens is 300 g/mol. The first-order chi connectivity index (χ1) is 9.54. The molecule has 114 valence electrons. The van der Waals surface area contributed by atoms with Gasteiger partial charge in [-0.1, -0.05) is 6.07 Å². The minimum absolute atomic E-state index is 0.172. The molecule has 0 aliphatic carbocycles. The molecule has 0 unspecified atom stereocenters. The first kappa shape index (κ1) is 16.6. The number of nitrogens with one attached hydrogen (secondary N) is 1. The summed E-state index contributed by atoms with van der Waals surface area (Å²) in [6, 6.07) is 1.24. The number of nitrogens with two attached hydrogens (primary N) is 1. The molecule has 8 nitrogen and oxygen atoms in total. The van der Waals surface area contributed by atoms with Crippen LogP contribution in [-0.4, -0.2) is 37.2 Å². The summed E-state index contributed by atoms with van der Waals surface area (Å²) in [6.07, 6.45) is 0. The normalized spacial score (nSPS) is 11.0. The number of primary amides is 1. The molecule has 0 bridgehead atoms. The second-order valence-electron chi connectivity index (χ2n) is 4.41. The Morgan fingerprint density at radius 2 is 1.76 bits per heavy atom. The van der Waals surface area contributed by atoms with E-state index in [9.17, 15) is 22.8 Å². The van der Waals surface area contributed by atoms with Crippen molar-refractivity contribution in [1.82, 2.24) is 5.32 Å². The number of carbonyl (C=O) groups excluding carboxylic acids is 2. The van der Waals surface area contributed by atoms with Gasteiger partial charge in [-0.15, -0.1) is 0 Å². The Labute approximate surface area is 120 Å². The molecule has 0 aliphatic heterocycles. The molecule has 1 rings (SSSR count). The molecule has 0 saturated carbocycles. The van der Waals surface area contributed by atoms with Crippen molar-refractivity contribution in [1.29, 1.82) is 0 Å². The molecule has 3 amide bonds. The van der Waals surface area contributed by atoms with E-state index in [-0.39, 0.29) is 10.5 Å². The second kappa shape index (κ2) is 5.92. The largest absolute Gasteiger partial charge is 0.478 e. The molecule has 0 saturated heterocycles. The summed E-state index contributed by atoms with van der Waals surface area (Å²) in [5.41, 5.74) is 5.26. The van der Waals surface area contributed by atoms with E-state index < -0.39 is 33.5 Å². The van der Waals surface area contributed by atoms with E-state index in [1.165, 1.54) is 19.9 Å². The van der Waals surface area contributed by atoms with Crippen molar-refractivity contribution in [2.24, 2.45) is 5.73 Å². The Kier molecular flexibility index (Phi) is 4.69. The van der Waals surface area contributed by atoms with Crippen LogP contribution in [0.3, 0.4) is 0 Å². The number of imide groups is 1. The van der Waals surface area contributed by atoms with Crippen LogP contribution in [0.5, 0.6) is 0 Å². The topological polar surface area (TPSA) is 144 Å². The fourth-order valence-corrected chi connectivity index (χ4v) is 3.24. The fraction of sp³-hybridized carbons (Fsp3) is 0.250. The number of carboxylic acids is 1. The number of sulfone groups is 1. The van der Waals surface area contributed by atoms with Crippen molar-refractivity contribution in [3.63, 3.8) is 0 Å². The van der Waals surface area contributed by atoms with Crippen LogP contribution < -0.4 is 11.1 Å². The van der Waals surface area contributed by atoms with Crippen LogP contribution in [0.2, 0.25) is 0 Å². The van der Waals surface area contributed by atoms with Gasteiger partial charge < -0.3 is 10.8 Å². The highest BCUT2D eigenvalue weighted by molar-refractivity contribution is 7.92. The van der Waals surface area contributed by atoms with Crippen molar-refractivity contribution in [3.8, 4) is 0 Å². The van der Waals surface area contributed by atoms with Gasteiger partial charge in [0.15, 0.2) is 9.84 Å². The van der Waals surface area contributed by atoms with E-state index >= 15 is 0 Å². The van der Waals surface area contributed by atoms with Crippen molar-refractivity contribution >= 4 is 27.7 Å². The molecular formula is C12H14N2O6S. The molecule has 0 fully saturated rings. The average Bonchev–Trinajstić information content (AvgIpc) is 2.25. The number of rotatable bonds is 4. The third kappa shape index (κ3) is 4.02. The quantitative estimate of drug-likeness (QED) is 0.712. The van der Waals surface area contributed by atoms with Crippen LogP contribution in [-0.2, 0) is 14.6 Å². The number of aromatic carboxylic acids is 1. The maximum Gasteiger partial charge on any atom is 0.335 e. The fourth-order valence-electron chi connectivity index (χ4n) is 1.82. The van der Waals surface area contributed by atoms with E-state index in [0.717, 1.165) is 6.07 Å². The second-order valence-corrected chi connectivity index (χ2v) is 6.37. The van der Waals surface area contributed by atoms with Gasteiger partial charge in [0.1, 0.15) is 5.75 Å². The van der Waals surface area contributed by atoms with Crippen LogP contribution >= 0.6 is 0 Å². The Morgan fingerprint density at radius 3 is 2.24 bits per heavy atom. The zero-order chi connectivity index (χ0) is 16.4. The highest BCUT2D eigenvalue weighted by atomic mass is 32.2. The minimum Gasteiger partial charge on any atom is -0.478 e. The van der Waals surface area contributed by atoms with Gasteiger partial charge in [0.05, 0.1) is 10.5 Å². The van der Waals surface area contributed by atoms with Gasteiger partial charge in [0.25, 0.3) is 0 Å². The summed E-state index contributed by atoms with van der Waals surface area (Å²) in [5.74, 6) is -3.36. The van der Waals surface area contributed by atoms with Gasteiger partial charge in [-0.25, -0.2) is 18.0 Å². The van der Waals surface area contributed by atoms with Crippen LogP contribution in [0.1, 0.15) is 21.5 Å². The first-order valence-corrected chi connectivity index (χ1v) is 7.36. The van der Waals surface area contributed by atoms with E-state index in [1.807, 2.05) is 0 Å². The lowest BCUT2D eigenvalue weighted by molar-refractivity contribution is -0.117. The number of carboxylic acid groups (broad SMARTS) is 1. The molecule has 0 radical (unpaired) electrons. The third-order valence-corrected chi connectivity index (χ3v) is 4.42. The van der Waals surface area contributed by atoms with Gasteiger partial charge in [0, 0.05) is 0 Å². The number of benzene rings is 1. The van der Waals surface area contributed by atoms with Crippen LogP contribution in [0, 0.1) is 13.8 Å². The molecule has 4 N–H and O–H groups in total. The molecule has 0 spiro atoms. The minimum atomic E-state index is -4.09. The maximum atomic E-state index is 12.1. The standard InChI is InChI=1S/C12H14N2O6S/c1-6-3-7(2)9(4-8(6)11(16)17)21(19,20)5-10(15)14-12(13)18/h3-4H,5H2,1-2H3,(H,16,17)(H3,13,14,15,18). The summed E-state index contributed by atoms with van der Waals surface area (Å²) in [6.45, 7) is 3.02. The average molecular weight is 314 g/mol. The van der Waals surface area contributed by atoms with Crippen LogP contribution in [0.25, 0.3) is 0 Å². The Hall–Kier alpha value is -2.42. The Bertz CT molecular complexity index is 724. The van der Waals surface area contributed by atoms with Gasteiger partial charge >= 0.3 is 12.0 Å². The summed E-state index contributed by atoms with van der Waals surface area (Å²) < 4.78 is 24.3. The van der Waals surface area contributed by atoms with Gasteiger partial charge in [-0.2, -0.15) is 0 Å². The number of hydrogen-bond donors (Lipinski definition) is 3. The van der Waals surface area contributed by atoms with Crippen LogP contribution in [0.4, 0.5) is 4.79 Å². The number of carbonyl (C=O) groups is 3. The van der Waals surface area contributed by atoms with Gasteiger partial charge in [-0.3, -0.25) is 10.1 Å². The molecule has 0 heterocycles. The van der Waals surface area contributed by atoms with Crippen molar-refractivity contribution in [2.75, 3.05) is 5.75 Å². The summed E-state index contributed by atoms with van der Waals surface area (Å²) in [7, 11) is -4.09. The van der Waals surface area contributed by atoms with E-state index in [1.54, 1.807) is 5.32 Å². The van der Waals surface area contributed by atoms with Gasteiger partial charge in [-0.05, 0) is 31.0 Å². The summed E-state index contributed by atoms with van der Waals surface area (Å²) in [4.78, 5) is 32.6. The highest BCUT2D eigenvalue weighted by Gasteiger charge is 2.24. The number of hydrogen-bond acceptors (Lipinski definition) is 5. The number of amides is 3. The molecule has 0 aromatic heterocycles. The molecule has 0 atom stereocenters. The molecule has 9 heteroatoms. The molecule has 0 aliphatic rings. The lowest BCUT2D eigenvalue weighted by Crippen LogP contribution is -2.38. The Morgan fingerprint density at radius 1 is 1.19 bits per heavy atom. The van der Waals surface area contributed by atoms with Crippen molar-refractivity contribution in [2.45, 2.75) is 18.7 Å². The smallest absolute Gasteiger partial charge is 0.335 e. The van der Waals surface area contributed by atoms with E-state index in [0.29, 0.717) is 11.1 Å². The van der Waals surface area contributed by atoms with Crippen LogP contribution in [0.15, 0.2) is 17.0 Å². The van der Waals surface area contributed by atoms with E-state index in [4.69, 9.17) is 10.8 Å². The van der Waals surface area contributed by atoms with Crippen molar-refractivity contribution in [3.05, 3.63) is 28.8 Å². The summed E-state index contributed by atoms with van der Waals surface area (Å²) >= 11 is 0. The SMILES string of the molecule is Cc1cc(C)c(S(=O)(=O)CC(=O)NC(N)=O)cc1C(=O)O. The third-order valence-electron chi connectivity index (χ3n) is 2.67. The lowest BCUT2D eigenvalue weighted by Gasteiger charge is -2.10. The van der Waals surface area contributed by atoms with Crippen molar-refractivity contribution < 1.29 is 27.9 Å². The zero-order valence-corrected chi connectivity index (χ0v) is 12.2. The molecule has 1 aromatic carbocycles. The van der Waals surface area contributed by atoms with E-state index in [2.05, 4.69) is 0 Å². The summed E-state index contributed by atoms with van der Waals surface area (Å²) in [5, 5.41) is 10.7. The Balaban J connectivity index is 3.25. The first-order valence-electron chi connectivity index (χ1n) is 5.71. The highest BCUT2D eigenvalue weighted by Crippen LogP contribution is 2.21.